The summed E-state index contributed by atoms with van der Waals surface area (Å²) >= 11 is 0. The highest BCUT2D eigenvalue weighted by Gasteiger charge is 2.07. The molecule has 1 aromatic rings. The number of rotatable bonds is 5. The molecule has 0 heterocycles. The largest absolute Gasteiger partial charge is 0.383 e. The van der Waals surface area contributed by atoms with E-state index in [0.717, 1.165) is 5.56 Å². The Bertz CT molecular complexity index is 432. The topological polar surface area (TPSA) is 62.1 Å². The van der Waals surface area contributed by atoms with Gasteiger partial charge in [0.05, 0.1) is 6.61 Å². The molecule has 1 amide bonds. The molecule has 0 saturated carbocycles. The number of carbonyl (C=O) groups is 1. The van der Waals surface area contributed by atoms with Crippen molar-refractivity contribution < 1.29 is 9.53 Å². The van der Waals surface area contributed by atoms with Crippen molar-refractivity contribution in [1.29, 1.82) is 5.26 Å². The molecule has 4 heteroatoms. The summed E-state index contributed by atoms with van der Waals surface area (Å²) in [5.74, 6) is -0.381. The SMILES string of the molecule is COCCNC(=O)/C(C#N)=C/c1ccccc1. The number of hydrogen-bond donors (Lipinski definition) is 1. The van der Waals surface area contributed by atoms with E-state index in [2.05, 4.69) is 5.32 Å². The number of nitrogens with zero attached hydrogens (tertiary/aromatic N) is 1. The van der Waals surface area contributed by atoms with Crippen molar-refractivity contribution in [3.05, 3.63) is 41.5 Å². The van der Waals surface area contributed by atoms with Crippen LogP contribution in [0.3, 0.4) is 0 Å². The van der Waals surface area contributed by atoms with Gasteiger partial charge in [-0.25, -0.2) is 0 Å². The third-order valence-electron chi connectivity index (χ3n) is 2.07. The van der Waals surface area contributed by atoms with Gasteiger partial charge in [-0.2, -0.15) is 5.26 Å². The second-order valence-electron chi connectivity index (χ2n) is 3.33. The maximum Gasteiger partial charge on any atom is 0.262 e. The summed E-state index contributed by atoms with van der Waals surface area (Å²) < 4.78 is 4.81. The number of methoxy groups -OCH3 is 1. The van der Waals surface area contributed by atoms with Gasteiger partial charge in [0.25, 0.3) is 5.91 Å². The molecule has 0 aliphatic carbocycles. The van der Waals surface area contributed by atoms with Crippen LogP contribution in [0.15, 0.2) is 35.9 Å². The van der Waals surface area contributed by atoms with E-state index in [-0.39, 0.29) is 11.5 Å². The predicted molar refractivity (Wildman–Crippen MR) is 64.9 cm³/mol. The molecule has 0 unspecified atom stereocenters. The molecule has 0 fully saturated rings. The lowest BCUT2D eigenvalue weighted by Crippen LogP contribution is -2.27. The first kappa shape index (κ1) is 12.9. The predicted octanol–water partition coefficient (Wildman–Crippen LogP) is 1.36. The summed E-state index contributed by atoms with van der Waals surface area (Å²) in [6.45, 7) is 0.818. The van der Waals surface area contributed by atoms with Crippen LogP contribution in [0.1, 0.15) is 5.56 Å². The van der Waals surface area contributed by atoms with Gasteiger partial charge >= 0.3 is 0 Å². The Morgan fingerprint density at radius 1 is 1.47 bits per heavy atom. The van der Waals surface area contributed by atoms with Crippen LogP contribution in [0.2, 0.25) is 0 Å². The van der Waals surface area contributed by atoms with E-state index >= 15 is 0 Å². The van der Waals surface area contributed by atoms with Crippen LogP contribution >= 0.6 is 0 Å². The minimum Gasteiger partial charge on any atom is -0.383 e. The summed E-state index contributed by atoms with van der Waals surface area (Å²) in [5.41, 5.74) is 0.915. The summed E-state index contributed by atoms with van der Waals surface area (Å²) in [5, 5.41) is 11.5. The van der Waals surface area contributed by atoms with Gasteiger partial charge in [-0.15, -0.1) is 0 Å². The second kappa shape index (κ2) is 7.20. The molecule has 0 aromatic heterocycles. The third kappa shape index (κ3) is 4.49. The van der Waals surface area contributed by atoms with Gasteiger partial charge in [-0.3, -0.25) is 4.79 Å². The van der Waals surface area contributed by atoms with E-state index in [1.165, 1.54) is 0 Å². The first-order valence-corrected chi connectivity index (χ1v) is 5.22. The van der Waals surface area contributed by atoms with E-state index < -0.39 is 0 Å². The van der Waals surface area contributed by atoms with Gasteiger partial charge < -0.3 is 10.1 Å². The molecular formula is C13H14N2O2. The van der Waals surface area contributed by atoms with Crippen LogP contribution in [0, 0.1) is 11.3 Å². The average molecular weight is 230 g/mol. The molecule has 0 radical (unpaired) electrons. The molecule has 0 aliphatic heterocycles. The van der Waals surface area contributed by atoms with Crippen molar-refractivity contribution in [2.45, 2.75) is 0 Å². The van der Waals surface area contributed by atoms with E-state index in [0.29, 0.717) is 13.2 Å². The van der Waals surface area contributed by atoms with Gasteiger partial charge in [-0.05, 0) is 11.6 Å². The van der Waals surface area contributed by atoms with Gasteiger partial charge in [0.2, 0.25) is 0 Å². The number of hydrogen-bond acceptors (Lipinski definition) is 3. The highest BCUT2D eigenvalue weighted by molar-refractivity contribution is 6.01. The molecule has 1 aromatic carbocycles. The number of carbonyl (C=O) groups excluding carboxylic acids is 1. The van der Waals surface area contributed by atoms with Gasteiger partial charge in [-0.1, -0.05) is 30.3 Å². The monoisotopic (exact) mass is 230 g/mol. The zero-order valence-electron chi connectivity index (χ0n) is 9.64. The standard InChI is InChI=1S/C13H14N2O2/c1-17-8-7-15-13(16)12(10-14)9-11-5-3-2-4-6-11/h2-6,9H,7-8H2,1H3,(H,15,16)/b12-9+. The van der Waals surface area contributed by atoms with Crippen LogP contribution < -0.4 is 5.32 Å². The Labute approximate surface area is 101 Å². The van der Waals surface area contributed by atoms with Crippen molar-refractivity contribution in [3.8, 4) is 6.07 Å². The fourth-order valence-corrected chi connectivity index (χ4v) is 1.23. The van der Waals surface area contributed by atoms with E-state index in [1.807, 2.05) is 36.4 Å². The summed E-state index contributed by atoms with van der Waals surface area (Å²) in [4.78, 5) is 11.6. The molecule has 1 N–H and O–H groups in total. The highest BCUT2D eigenvalue weighted by atomic mass is 16.5. The molecule has 4 nitrogen and oxygen atoms in total. The van der Waals surface area contributed by atoms with Crippen molar-refractivity contribution in [1.82, 2.24) is 5.32 Å². The van der Waals surface area contributed by atoms with Crippen molar-refractivity contribution in [2.75, 3.05) is 20.3 Å². The lowest BCUT2D eigenvalue weighted by molar-refractivity contribution is -0.117. The average Bonchev–Trinajstić information content (AvgIpc) is 2.37. The van der Waals surface area contributed by atoms with Gasteiger partial charge in [0, 0.05) is 13.7 Å². The number of amides is 1. The van der Waals surface area contributed by atoms with E-state index in [4.69, 9.17) is 10.00 Å². The first-order valence-electron chi connectivity index (χ1n) is 5.22. The van der Waals surface area contributed by atoms with E-state index in [9.17, 15) is 4.79 Å². The minimum absolute atomic E-state index is 0.0901. The molecule has 0 aliphatic rings. The molecule has 0 spiro atoms. The fraction of sp³-hybridized carbons (Fsp3) is 0.231. The van der Waals surface area contributed by atoms with Crippen molar-refractivity contribution in [3.63, 3.8) is 0 Å². The van der Waals surface area contributed by atoms with Crippen molar-refractivity contribution >= 4 is 12.0 Å². The highest BCUT2D eigenvalue weighted by Crippen LogP contribution is 2.05. The Morgan fingerprint density at radius 3 is 2.76 bits per heavy atom. The zero-order valence-corrected chi connectivity index (χ0v) is 9.64. The third-order valence-corrected chi connectivity index (χ3v) is 2.07. The van der Waals surface area contributed by atoms with Gasteiger partial charge in [0.15, 0.2) is 0 Å². The van der Waals surface area contributed by atoms with Crippen LogP contribution in [-0.4, -0.2) is 26.2 Å². The summed E-state index contributed by atoms with van der Waals surface area (Å²) in [7, 11) is 1.55. The molecular weight excluding hydrogens is 216 g/mol. The summed E-state index contributed by atoms with van der Waals surface area (Å²) in [6, 6.07) is 11.1. The summed E-state index contributed by atoms with van der Waals surface area (Å²) in [6.07, 6.45) is 1.56. The normalized spacial score (nSPS) is 10.7. The molecule has 17 heavy (non-hydrogen) atoms. The van der Waals surface area contributed by atoms with Gasteiger partial charge in [0.1, 0.15) is 11.6 Å². The first-order chi connectivity index (χ1) is 8.27. The lowest BCUT2D eigenvalue weighted by Gasteiger charge is -2.02. The molecule has 0 atom stereocenters. The van der Waals surface area contributed by atoms with Crippen molar-refractivity contribution in [2.24, 2.45) is 0 Å². The maximum atomic E-state index is 11.6. The number of nitrogens with one attached hydrogen (secondary N) is 1. The van der Waals surface area contributed by atoms with Crippen LogP contribution in [0.4, 0.5) is 0 Å². The Kier molecular flexibility index (Phi) is 5.49. The molecule has 88 valence electrons. The van der Waals surface area contributed by atoms with Crippen LogP contribution in [0.5, 0.6) is 0 Å². The fourth-order valence-electron chi connectivity index (χ4n) is 1.23. The zero-order chi connectivity index (χ0) is 12.5. The van der Waals surface area contributed by atoms with Crippen LogP contribution in [0.25, 0.3) is 6.08 Å². The van der Waals surface area contributed by atoms with E-state index in [1.54, 1.807) is 13.2 Å². The molecule has 0 bridgehead atoms. The maximum absolute atomic E-state index is 11.6. The van der Waals surface area contributed by atoms with Crippen LogP contribution in [-0.2, 0) is 9.53 Å². The molecule has 1 rings (SSSR count). The lowest BCUT2D eigenvalue weighted by atomic mass is 10.1. The smallest absolute Gasteiger partial charge is 0.262 e. The number of benzene rings is 1. The Morgan fingerprint density at radius 2 is 2.18 bits per heavy atom. The Balaban J connectivity index is 2.69. The molecule has 0 saturated heterocycles. The second-order valence-corrected chi connectivity index (χ2v) is 3.33. The Hall–Kier alpha value is -2.12. The number of nitriles is 1. The quantitative estimate of drug-likeness (QED) is 0.472. The minimum atomic E-state index is -0.381. The number of ether oxygens (including phenoxy) is 1.